The first kappa shape index (κ1) is 27.9. The first-order valence-corrected chi connectivity index (χ1v) is 11.6. The Balaban J connectivity index is 2.15. The average Bonchev–Trinajstić information content (AvgIpc) is 3.20. The van der Waals surface area contributed by atoms with Crippen LogP contribution in [0, 0.1) is 23.7 Å². The number of halogens is 3. The highest BCUT2D eigenvalue weighted by Crippen LogP contribution is 2.34. The van der Waals surface area contributed by atoms with Crippen LogP contribution in [0.4, 0.5) is 19.0 Å². The highest BCUT2D eigenvalue weighted by molar-refractivity contribution is 6.11. The number of aliphatic imine (C=N–C) groups is 2. The number of hydrogen-bond donors (Lipinski definition) is 2. The van der Waals surface area contributed by atoms with Crippen molar-refractivity contribution in [3.63, 3.8) is 0 Å². The maximum absolute atomic E-state index is 14.2. The highest BCUT2D eigenvalue weighted by Gasteiger charge is 2.36. The molecule has 1 atom stereocenters. The van der Waals surface area contributed by atoms with E-state index in [9.17, 15) is 23.2 Å². The number of nitrogens with one attached hydrogen (secondary N) is 2. The van der Waals surface area contributed by atoms with Crippen LogP contribution in [0.2, 0.25) is 0 Å². The molecule has 1 fully saturated rings. The minimum absolute atomic E-state index is 0.130. The summed E-state index contributed by atoms with van der Waals surface area (Å²) in [6.07, 6.45) is -3.76. The first-order valence-electron chi connectivity index (χ1n) is 11.6. The number of nitriles is 1. The number of aromatic amines is 1. The maximum Gasteiger partial charge on any atom is 0.417 e. The van der Waals surface area contributed by atoms with Gasteiger partial charge in [-0.05, 0) is 26.0 Å². The third-order valence-electron chi connectivity index (χ3n) is 5.81. The summed E-state index contributed by atoms with van der Waals surface area (Å²) in [5.74, 6) is -0.564. The van der Waals surface area contributed by atoms with Gasteiger partial charge < -0.3 is 19.9 Å². The zero-order valence-corrected chi connectivity index (χ0v) is 21.6. The number of anilines is 1. The van der Waals surface area contributed by atoms with Crippen LogP contribution < -0.4 is 5.32 Å². The summed E-state index contributed by atoms with van der Waals surface area (Å²) in [6.45, 7) is 9.83. The number of morpholine rings is 1. The minimum atomic E-state index is -4.77. The van der Waals surface area contributed by atoms with Crippen LogP contribution in [-0.2, 0) is 15.7 Å². The molecule has 2 aromatic heterocycles. The Kier molecular flexibility index (Phi) is 8.07. The van der Waals surface area contributed by atoms with Gasteiger partial charge in [-0.25, -0.2) is 9.98 Å². The molecular weight excluding hydrogens is 487 g/mol. The van der Waals surface area contributed by atoms with E-state index in [4.69, 9.17) is 4.74 Å². The van der Waals surface area contributed by atoms with Crippen LogP contribution in [0.3, 0.4) is 0 Å². The molecule has 198 valence electrons. The summed E-state index contributed by atoms with van der Waals surface area (Å²) in [6, 6.07) is 4.35. The Hall–Kier alpha value is -3.72. The first-order chi connectivity index (χ1) is 17.3. The van der Waals surface area contributed by atoms with Crippen molar-refractivity contribution in [1.29, 1.82) is 5.26 Å². The minimum Gasteiger partial charge on any atom is -0.377 e. The van der Waals surface area contributed by atoms with Crippen molar-refractivity contribution < 1.29 is 22.7 Å². The Bertz CT molecular complexity index is 1270. The molecule has 0 aromatic carbocycles. The summed E-state index contributed by atoms with van der Waals surface area (Å²) in [5, 5.41) is 11.9. The van der Waals surface area contributed by atoms with Gasteiger partial charge in [-0.15, -0.1) is 0 Å². The molecule has 1 aliphatic heterocycles. The molecule has 3 rings (SSSR count). The molecule has 37 heavy (non-hydrogen) atoms. The lowest BCUT2D eigenvalue weighted by molar-refractivity contribution is -0.137. The number of rotatable bonds is 3. The lowest BCUT2D eigenvalue weighted by Gasteiger charge is -2.35. The predicted octanol–water partition coefficient (Wildman–Crippen LogP) is 4.14. The third kappa shape index (κ3) is 6.35. The molecule has 0 unspecified atom stereocenters. The van der Waals surface area contributed by atoms with Crippen LogP contribution >= 0.6 is 0 Å². The number of carbonyl (C=O) groups is 1. The number of aryl methyl sites for hydroxylation is 1. The quantitative estimate of drug-likeness (QED) is 0.469. The second-order valence-corrected chi connectivity index (χ2v) is 9.75. The molecule has 12 heteroatoms. The van der Waals surface area contributed by atoms with Gasteiger partial charge in [-0.3, -0.25) is 9.79 Å². The fourth-order valence-corrected chi connectivity index (χ4v) is 3.69. The van der Waals surface area contributed by atoms with Crippen LogP contribution in [0.5, 0.6) is 0 Å². The van der Waals surface area contributed by atoms with Crippen LogP contribution in [0.15, 0.2) is 28.3 Å². The highest BCUT2D eigenvalue weighted by atomic mass is 19.4. The monoisotopic (exact) mass is 517 g/mol. The Morgan fingerprint density at radius 1 is 1.32 bits per heavy atom. The van der Waals surface area contributed by atoms with Gasteiger partial charge in [0.05, 0.1) is 36.1 Å². The van der Waals surface area contributed by atoms with Crippen molar-refractivity contribution >= 4 is 23.4 Å². The van der Waals surface area contributed by atoms with Crippen molar-refractivity contribution in [3.05, 3.63) is 46.4 Å². The maximum atomic E-state index is 14.2. The smallest absolute Gasteiger partial charge is 0.377 e. The Morgan fingerprint density at radius 2 is 2.03 bits per heavy atom. The second-order valence-electron chi connectivity index (χ2n) is 9.75. The second kappa shape index (κ2) is 10.7. The summed E-state index contributed by atoms with van der Waals surface area (Å²) in [4.78, 5) is 30.0. The van der Waals surface area contributed by atoms with Crippen molar-refractivity contribution in [1.82, 2.24) is 14.9 Å². The zero-order valence-electron chi connectivity index (χ0n) is 21.6. The summed E-state index contributed by atoms with van der Waals surface area (Å²) >= 11 is 0. The van der Waals surface area contributed by atoms with E-state index in [1.807, 2.05) is 11.8 Å². The molecule has 0 bridgehead atoms. The van der Waals surface area contributed by atoms with E-state index in [-0.39, 0.29) is 23.3 Å². The summed E-state index contributed by atoms with van der Waals surface area (Å²) in [5.41, 5.74) is -0.719. The fraction of sp³-hybridized carbons (Fsp3) is 0.480. The third-order valence-corrected chi connectivity index (χ3v) is 5.81. The van der Waals surface area contributed by atoms with Crippen LogP contribution in [0.1, 0.15) is 55.8 Å². The normalized spacial score (nSPS) is 17.5. The average molecular weight is 518 g/mol. The molecular formula is C25H30F3N7O2. The van der Waals surface area contributed by atoms with Gasteiger partial charge in [0.15, 0.2) is 11.7 Å². The van der Waals surface area contributed by atoms with E-state index in [0.717, 1.165) is 12.3 Å². The topological polar surface area (TPSA) is 119 Å². The zero-order chi connectivity index (χ0) is 27.5. The summed E-state index contributed by atoms with van der Waals surface area (Å²) in [7, 11) is 1.34. The lowest BCUT2D eigenvalue weighted by atomic mass is 9.96. The molecule has 1 saturated heterocycles. The molecule has 0 saturated carbocycles. The van der Waals surface area contributed by atoms with Crippen molar-refractivity contribution in [2.24, 2.45) is 15.4 Å². The molecule has 2 aromatic rings. The van der Waals surface area contributed by atoms with Crippen molar-refractivity contribution in [3.8, 4) is 6.07 Å². The Labute approximate surface area is 213 Å². The number of ether oxygens (including phenoxy) is 1. The Morgan fingerprint density at radius 3 is 2.57 bits per heavy atom. The van der Waals surface area contributed by atoms with Gasteiger partial charge in [0.1, 0.15) is 11.9 Å². The number of aromatic nitrogens is 2. The number of carbonyl (C=O) groups excluding carboxylic acids is 1. The largest absolute Gasteiger partial charge is 0.417 e. The van der Waals surface area contributed by atoms with Gasteiger partial charge in [-0.1, -0.05) is 20.8 Å². The molecule has 0 aliphatic carbocycles. The van der Waals surface area contributed by atoms with Gasteiger partial charge in [0, 0.05) is 36.5 Å². The molecule has 2 N–H and O–H groups in total. The number of H-pyrrole nitrogens is 1. The van der Waals surface area contributed by atoms with Crippen LogP contribution in [0.25, 0.3) is 0 Å². The van der Waals surface area contributed by atoms with Gasteiger partial charge >= 0.3 is 6.18 Å². The number of alkyl halides is 3. The molecule has 3 heterocycles. The fourth-order valence-electron chi connectivity index (χ4n) is 3.69. The lowest BCUT2D eigenvalue weighted by Crippen LogP contribution is -2.48. The van der Waals surface area contributed by atoms with Gasteiger partial charge in [0.2, 0.25) is 5.91 Å². The van der Waals surface area contributed by atoms with E-state index in [2.05, 4.69) is 31.3 Å². The van der Waals surface area contributed by atoms with E-state index >= 15 is 0 Å². The van der Waals surface area contributed by atoms with Crippen LogP contribution in [-0.4, -0.2) is 65.3 Å². The number of hydrogen-bond acceptors (Lipinski definition) is 5. The molecule has 1 aliphatic rings. The van der Waals surface area contributed by atoms with Gasteiger partial charge in [0.25, 0.3) is 0 Å². The molecule has 0 spiro atoms. The van der Waals surface area contributed by atoms with Crippen molar-refractivity contribution in [2.75, 3.05) is 32.1 Å². The number of amidine groups is 2. The number of pyridine rings is 1. The van der Waals surface area contributed by atoms with Crippen molar-refractivity contribution in [2.45, 2.75) is 46.8 Å². The molecule has 9 nitrogen and oxygen atoms in total. The predicted molar refractivity (Wildman–Crippen MR) is 134 cm³/mol. The molecule has 1 amide bonds. The number of amides is 1. The van der Waals surface area contributed by atoms with E-state index in [1.165, 1.54) is 7.05 Å². The van der Waals surface area contributed by atoms with E-state index < -0.39 is 23.1 Å². The molecule has 0 radical (unpaired) electrons. The van der Waals surface area contributed by atoms with E-state index in [1.54, 1.807) is 33.8 Å². The van der Waals surface area contributed by atoms with E-state index in [0.29, 0.717) is 42.5 Å². The summed E-state index contributed by atoms with van der Waals surface area (Å²) < 4.78 is 48.0. The number of nitrogens with zero attached hydrogens (tertiary/aromatic N) is 5. The SMILES string of the molecule is CN=C(N=C(c1cc(C#N)c(C)[nH]1)N1CCOC[C@@H]1C)c1cnc(NC(=O)C(C)(C)C)cc1C(F)(F)F. The van der Waals surface area contributed by atoms with Gasteiger partial charge in [-0.2, -0.15) is 18.4 Å². The standard InChI is InChI=1S/C25H30F3N7O2/c1-14-13-37-8-7-35(14)22(19-9-16(11-29)15(2)32-19)34-21(30-6)17-12-31-20(10-18(17)25(26,27)28)33-23(36)24(3,4)5/h9-10,12,14,32H,7-8,13H2,1-6H3,(H,31,33,36)/t14-/m0/s1.